The summed E-state index contributed by atoms with van der Waals surface area (Å²) in [5, 5.41) is 3.36. The van der Waals surface area contributed by atoms with Crippen molar-refractivity contribution < 1.29 is 19.0 Å². The third-order valence-corrected chi connectivity index (χ3v) is 4.77. The lowest BCUT2D eigenvalue weighted by Crippen LogP contribution is -2.31. The molecule has 0 aromatic heterocycles. The van der Waals surface area contributed by atoms with Gasteiger partial charge < -0.3 is 19.5 Å². The zero-order valence-corrected chi connectivity index (χ0v) is 17.1. The Labute approximate surface area is 169 Å². The molecule has 0 spiro atoms. The van der Waals surface area contributed by atoms with Gasteiger partial charge in [-0.1, -0.05) is 25.1 Å². The van der Waals surface area contributed by atoms with E-state index in [0.29, 0.717) is 28.1 Å². The van der Waals surface area contributed by atoms with Crippen LogP contribution in [-0.2, 0) is 11.2 Å². The van der Waals surface area contributed by atoms with Crippen molar-refractivity contribution in [3.05, 3.63) is 53.2 Å². The fourth-order valence-corrected chi connectivity index (χ4v) is 3.42. The number of methoxy groups -OCH3 is 3. The highest BCUT2D eigenvalue weighted by atomic mass is 32.1. The number of hydrogen-bond acceptors (Lipinski definition) is 5. The Bertz CT molecular complexity index is 930. The molecule has 0 unspecified atom stereocenters. The molecule has 2 aromatic rings. The Morgan fingerprint density at radius 3 is 2.29 bits per heavy atom. The van der Waals surface area contributed by atoms with Crippen LogP contribution in [0.1, 0.15) is 18.1 Å². The van der Waals surface area contributed by atoms with Gasteiger partial charge in [-0.2, -0.15) is 0 Å². The lowest BCUT2D eigenvalue weighted by atomic mass is 10.1. The van der Waals surface area contributed by atoms with Crippen LogP contribution in [0, 0.1) is 0 Å². The van der Waals surface area contributed by atoms with Crippen molar-refractivity contribution in [3.8, 4) is 17.2 Å². The van der Waals surface area contributed by atoms with Crippen LogP contribution in [0.25, 0.3) is 6.08 Å². The van der Waals surface area contributed by atoms with Crippen LogP contribution < -0.4 is 24.4 Å². The van der Waals surface area contributed by atoms with Gasteiger partial charge in [0.15, 0.2) is 16.6 Å². The zero-order chi connectivity index (χ0) is 20.3. The van der Waals surface area contributed by atoms with E-state index in [0.717, 1.165) is 23.2 Å². The van der Waals surface area contributed by atoms with E-state index in [2.05, 4.69) is 5.32 Å². The summed E-state index contributed by atoms with van der Waals surface area (Å²) < 4.78 is 16.1. The van der Waals surface area contributed by atoms with Crippen molar-refractivity contribution in [1.82, 2.24) is 5.32 Å². The number of aryl methyl sites for hydroxylation is 1. The maximum atomic E-state index is 13.0. The number of carbonyl (C=O) groups is 1. The maximum Gasteiger partial charge on any atom is 0.281 e. The van der Waals surface area contributed by atoms with Crippen LogP contribution in [0.2, 0.25) is 0 Å². The third-order valence-electron chi connectivity index (χ3n) is 4.49. The number of benzene rings is 2. The second-order valence-corrected chi connectivity index (χ2v) is 6.46. The van der Waals surface area contributed by atoms with E-state index in [1.54, 1.807) is 39.5 Å². The lowest BCUT2D eigenvalue weighted by Gasteiger charge is -2.17. The summed E-state index contributed by atoms with van der Waals surface area (Å²) in [7, 11) is 4.64. The summed E-state index contributed by atoms with van der Waals surface area (Å²) in [5.41, 5.74) is 2.94. The molecule has 1 fully saturated rings. The molecule has 0 saturated carbocycles. The minimum Gasteiger partial charge on any atom is -0.493 e. The van der Waals surface area contributed by atoms with Gasteiger partial charge in [-0.05, 0) is 54.0 Å². The fourth-order valence-electron chi connectivity index (χ4n) is 3.13. The van der Waals surface area contributed by atoms with Gasteiger partial charge in [0.25, 0.3) is 5.91 Å². The molecule has 1 aliphatic heterocycles. The van der Waals surface area contributed by atoms with Gasteiger partial charge in [-0.3, -0.25) is 9.69 Å². The number of amides is 1. The van der Waals surface area contributed by atoms with Crippen LogP contribution in [0.4, 0.5) is 5.69 Å². The summed E-state index contributed by atoms with van der Waals surface area (Å²) >= 11 is 5.42. The monoisotopic (exact) mass is 398 g/mol. The van der Waals surface area contributed by atoms with E-state index >= 15 is 0 Å². The van der Waals surface area contributed by atoms with Crippen molar-refractivity contribution in [1.29, 1.82) is 0 Å². The molecule has 0 aliphatic carbocycles. The van der Waals surface area contributed by atoms with Gasteiger partial charge in [0.05, 0.1) is 27.0 Å². The van der Waals surface area contributed by atoms with Crippen LogP contribution in [0.3, 0.4) is 0 Å². The van der Waals surface area contributed by atoms with E-state index in [-0.39, 0.29) is 5.91 Å². The molecule has 28 heavy (non-hydrogen) atoms. The summed E-state index contributed by atoms with van der Waals surface area (Å²) in [5.74, 6) is 1.30. The predicted molar refractivity (Wildman–Crippen MR) is 113 cm³/mol. The summed E-state index contributed by atoms with van der Waals surface area (Å²) in [6.45, 7) is 2.04. The van der Waals surface area contributed by atoms with Crippen molar-refractivity contribution in [2.45, 2.75) is 13.3 Å². The average Bonchev–Trinajstić information content (AvgIpc) is 2.99. The number of para-hydroxylation sites is 1. The first-order chi connectivity index (χ1) is 13.5. The van der Waals surface area contributed by atoms with Crippen molar-refractivity contribution in [2.24, 2.45) is 0 Å². The van der Waals surface area contributed by atoms with Crippen LogP contribution in [0.15, 0.2) is 42.1 Å². The summed E-state index contributed by atoms with van der Waals surface area (Å²) in [4.78, 5) is 14.6. The fraction of sp³-hybridized carbons (Fsp3) is 0.238. The summed E-state index contributed by atoms with van der Waals surface area (Å²) in [6, 6.07) is 11.3. The van der Waals surface area contributed by atoms with Gasteiger partial charge in [0.1, 0.15) is 5.70 Å². The number of nitrogens with zero attached hydrogens (tertiary/aromatic N) is 1. The molecule has 146 valence electrons. The normalized spacial score (nSPS) is 15.0. The summed E-state index contributed by atoms with van der Waals surface area (Å²) in [6.07, 6.45) is 2.52. The Balaban J connectivity index is 2.00. The third kappa shape index (κ3) is 3.53. The largest absolute Gasteiger partial charge is 0.493 e. The number of thiocarbonyl (C=S) groups is 1. The molecule has 1 aliphatic rings. The van der Waals surface area contributed by atoms with Crippen molar-refractivity contribution >= 4 is 35.0 Å². The number of hydrogen-bond donors (Lipinski definition) is 1. The Kier molecular flexibility index (Phi) is 5.84. The highest BCUT2D eigenvalue weighted by molar-refractivity contribution is 7.80. The maximum absolute atomic E-state index is 13.0. The van der Waals surface area contributed by atoms with Crippen LogP contribution >= 0.6 is 12.2 Å². The van der Waals surface area contributed by atoms with Crippen LogP contribution in [-0.4, -0.2) is 32.3 Å². The zero-order valence-electron chi connectivity index (χ0n) is 16.2. The van der Waals surface area contributed by atoms with E-state index < -0.39 is 0 Å². The minimum atomic E-state index is -0.209. The van der Waals surface area contributed by atoms with Gasteiger partial charge in [-0.15, -0.1) is 0 Å². The van der Waals surface area contributed by atoms with Crippen molar-refractivity contribution in [2.75, 3.05) is 26.2 Å². The number of anilines is 1. The SMILES string of the molecule is CCc1ccccc1N1C(=O)/C(=C\c2cc(OC)c(OC)c(OC)c2)NC1=S. The van der Waals surface area contributed by atoms with Gasteiger partial charge in [0.2, 0.25) is 5.75 Å². The molecule has 6 nitrogen and oxygen atoms in total. The number of carbonyl (C=O) groups excluding carboxylic acids is 1. The molecule has 7 heteroatoms. The van der Waals surface area contributed by atoms with Gasteiger partial charge >= 0.3 is 0 Å². The molecule has 3 rings (SSSR count). The molecule has 0 radical (unpaired) electrons. The predicted octanol–water partition coefficient (Wildman–Crippen LogP) is 3.54. The molecular weight excluding hydrogens is 376 g/mol. The average molecular weight is 398 g/mol. The standard InChI is InChI=1S/C21H22N2O4S/c1-5-14-8-6-7-9-16(14)23-20(24)15(22-21(23)28)10-13-11-17(25-2)19(27-4)18(12-13)26-3/h6-12H,5H2,1-4H3,(H,22,28)/b15-10+. The number of nitrogens with one attached hydrogen (secondary N) is 1. The molecular formula is C21H22N2O4S. The quantitative estimate of drug-likeness (QED) is 0.593. The number of ether oxygens (including phenoxy) is 3. The van der Waals surface area contributed by atoms with Gasteiger partial charge in [-0.25, -0.2) is 0 Å². The van der Waals surface area contributed by atoms with E-state index in [1.807, 2.05) is 31.2 Å². The smallest absolute Gasteiger partial charge is 0.281 e. The van der Waals surface area contributed by atoms with E-state index in [1.165, 1.54) is 4.90 Å². The van der Waals surface area contributed by atoms with E-state index in [9.17, 15) is 4.79 Å². The van der Waals surface area contributed by atoms with E-state index in [4.69, 9.17) is 26.4 Å². The molecule has 1 saturated heterocycles. The first kappa shape index (κ1) is 19.7. The molecule has 2 aromatic carbocycles. The highest BCUT2D eigenvalue weighted by Gasteiger charge is 2.33. The Morgan fingerprint density at radius 2 is 1.71 bits per heavy atom. The highest BCUT2D eigenvalue weighted by Crippen LogP contribution is 2.39. The molecule has 1 amide bonds. The Hall–Kier alpha value is -3.06. The minimum absolute atomic E-state index is 0.209. The second-order valence-electron chi connectivity index (χ2n) is 6.07. The van der Waals surface area contributed by atoms with Gasteiger partial charge in [0, 0.05) is 0 Å². The number of rotatable bonds is 6. The molecule has 0 bridgehead atoms. The topological polar surface area (TPSA) is 60.0 Å². The molecule has 0 atom stereocenters. The molecule has 1 N–H and O–H groups in total. The lowest BCUT2D eigenvalue weighted by molar-refractivity contribution is -0.113. The molecule has 1 heterocycles. The second kappa shape index (κ2) is 8.31. The van der Waals surface area contributed by atoms with Crippen molar-refractivity contribution in [3.63, 3.8) is 0 Å². The van der Waals surface area contributed by atoms with Crippen LogP contribution in [0.5, 0.6) is 17.2 Å². The first-order valence-electron chi connectivity index (χ1n) is 8.79. The Morgan fingerprint density at radius 1 is 1.07 bits per heavy atom. The first-order valence-corrected chi connectivity index (χ1v) is 9.19.